The molecule has 1 heterocycles. The first-order chi connectivity index (χ1) is 7.01. The molecule has 1 amide bonds. The van der Waals surface area contributed by atoms with Gasteiger partial charge in [-0.2, -0.15) is 0 Å². The van der Waals surface area contributed by atoms with E-state index < -0.39 is 0 Å². The number of carbonyl (C=O) groups excluding carboxylic acids is 1. The van der Waals surface area contributed by atoms with Crippen LogP contribution in [0.15, 0.2) is 0 Å². The molecule has 0 aromatic heterocycles. The van der Waals surface area contributed by atoms with E-state index >= 15 is 0 Å². The smallest absolute Gasteiger partial charge is 0.225 e. The molecule has 2 N–H and O–H groups in total. The molecular formula is C11H23ClN2O2. The molecule has 2 atom stereocenters. The Balaban J connectivity index is 0.00000225. The predicted molar refractivity (Wildman–Crippen MR) is 66.9 cm³/mol. The van der Waals surface area contributed by atoms with Crippen LogP contribution in [0.25, 0.3) is 0 Å². The van der Waals surface area contributed by atoms with Gasteiger partial charge in [-0.05, 0) is 6.42 Å². The molecule has 1 saturated heterocycles. The maximum absolute atomic E-state index is 11.9. The zero-order chi connectivity index (χ0) is 11.5. The van der Waals surface area contributed by atoms with Crippen LogP contribution < -0.4 is 10.6 Å². The van der Waals surface area contributed by atoms with Crippen molar-refractivity contribution in [2.75, 3.05) is 20.2 Å². The standard InChI is InChI=1S/C11H22N2O2.ClH/c1-5-11(2,3)10(14)13-8-6-12-7-9(8)15-4;/h8-9,12H,5-7H2,1-4H3,(H,13,14);1H. The summed E-state index contributed by atoms with van der Waals surface area (Å²) in [6, 6.07) is 0.105. The second-order valence-corrected chi connectivity index (χ2v) is 4.75. The second kappa shape index (κ2) is 6.42. The number of amides is 1. The molecule has 0 aliphatic carbocycles. The highest BCUT2D eigenvalue weighted by atomic mass is 35.5. The fourth-order valence-corrected chi connectivity index (χ4v) is 1.57. The van der Waals surface area contributed by atoms with Crippen molar-refractivity contribution in [3.63, 3.8) is 0 Å². The van der Waals surface area contributed by atoms with Crippen molar-refractivity contribution in [3.8, 4) is 0 Å². The first-order valence-corrected chi connectivity index (χ1v) is 5.55. The van der Waals surface area contributed by atoms with Crippen LogP contribution >= 0.6 is 12.4 Å². The van der Waals surface area contributed by atoms with Gasteiger partial charge in [-0.3, -0.25) is 4.79 Å². The van der Waals surface area contributed by atoms with Crippen molar-refractivity contribution in [1.82, 2.24) is 10.6 Å². The third-order valence-electron chi connectivity index (χ3n) is 3.28. The highest BCUT2D eigenvalue weighted by molar-refractivity contribution is 5.85. The summed E-state index contributed by atoms with van der Waals surface area (Å²) in [5, 5.41) is 6.25. The van der Waals surface area contributed by atoms with E-state index in [1.54, 1.807) is 7.11 Å². The highest BCUT2D eigenvalue weighted by Gasteiger charge is 2.32. The monoisotopic (exact) mass is 250 g/mol. The summed E-state index contributed by atoms with van der Waals surface area (Å²) in [5.74, 6) is 0.112. The fraction of sp³-hybridized carbons (Fsp3) is 0.909. The lowest BCUT2D eigenvalue weighted by Crippen LogP contribution is -2.48. The minimum Gasteiger partial charge on any atom is -0.378 e. The molecule has 1 fully saturated rings. The number of ether oxygens (including phenoxy) is 1. The van der Waals surface area contributed by atoms with E-state index in [1.807, 2.05) is 20.8 Å². The average Bonchev–Trinajstić information content (AvgIpc) is 2.65. The van der Waals surface area contributed by atoms with E-state index in [0.29, 0.717) is 0 Å². The minimum atomic E-state index is -0.291. The number of nitrogens with one attached hydrogen (secondary N) is 2. The number of hydrogen-bond acceptors (Lipinski definition) is 3. The number of rotatable bonds is 4. The molecule has 1 aliphatic heterocycles. The van der Waals surface area contributed by atoms with Gasteiger partial charge in [0, 0.05) is 25.6 Å². The summed E-state index contributed by atoms with van der Waals surface area (Å²) in [5.41, 5.74) is -0.291. The SMILES string of the molecule is CCC(C)(C)C(=O)NC1CNCC1OC.Cl. The van der Waals surface area contributed by atoms with E-state index in [4.69, 9.17) is 4.74 Å². The molecule has 96 valence electrons. The maximum atomic E-state index is 11.9. The van der Waals surface area contributed by atoms with E-state index in [2.05, 4.69) is 10.6 Å². The van der Waals surface area contributed by atoms with Crippen molar-refractivity contribution < 1.29 is 9.53 Å². The van der Waals surface area contributed by atoms with Gasteiger partial charge in [0.1, 0.15) is 0 Å². The van der Waals surface area contributed by atoms with Gasteiger partial charge in [0.05, 0.1) is 12.1 Å². The molecule has 5 heteroatoms. The Hall–Kier alpha value is -0.320. The van der Waals surface area contributed by atoms with Crippen molar-refractivity contribution in [1.29, 1.82) is 0 Å². The van der Waals surface area contributed by atoms with E-state index in [-0.39, 0.29) is 35.9 Å². The van der Waals surface area contributed by atoms with E-state index in [9.17, 15) is 4.79 Å². The lowest BCUT2D eigenvalue weighted by atomic mass is 9.89. The van der Waals surface area contributed by atoms with Crippen LogP contribution in [-0.2, 0) is 9.53 Å². The van der Waals surface area contributed by atoms with Gasteiger partial charge in [0.25, 0.3) is 0 Å². The molecule has 0 aromatic rings. The maximum Gasteiger partial charge on any atom is 0.225 e. The largest absolute Gasteiger partial charge is 0.378 e. The Bertz CT molecular complexity index is 234. The minimum absolute atomic E-state index is 0. The molecule has 0 spiro atoms. The Morgan fingerprint density at radius 1 is 1.50 bits per heavy atom. The predicted octanol–water partition coefficient (Wildman–Crippen LogP) is 0.947. The van der Waals surface area contributed by atoms with Crippen LogP contribution in [0.4, 0.5) is 0 Å². The van der Waals surface area contributed by atoms with Gasteiger partial charge in [0.2, 0.25) is 5.91 Å². The second-order valence-electron chi connectivity index (χ2n) is 4.75. The average molecular weight is 251 g/mol. The molecule has 2 unspecified atom stereocenters. The topological polar surface area (TPSA) is 50.4 Å². The Kier molecular flexibility index (Phi) is 6.30. The van der Waals surface area contributed by atoms with Crippen molar-refractivity contribution in [2.24, 2.45) is 5.41 Å². The third kappa shape index (κ3) is 3.61. The molecule has 0 aromatic carbocycles. The third-order valence-corrected chi connectivity index (χ3v) is 3.28. The summed E-state index contributed by atoms with van der Waals surface area (Å²) in [7, 11) is 1.68. The Morgan fingerprint density at radius 2 is 2.12 bits per heavy atom. The van der Waals surface area contributed by atoms with Crippen molar-refractivity contribution in [3.05, 3.63) is 0 Å². The van der Waals surface area contributed by atoms with Gasteiger partial charge < -0.3 is 15.4 Å². The summed E-state index contributed by atoms with van der Waals surface area (Å²) < 4.78 is 5.29. The molecule has 0 radical (unpaired) electrons. The van der Waals surface area contributed by atoms with Gasteiger partial charge >= 0.3 is 0 Å². The zero-order valence-corrected chi connectivity index (χ0v) is 11.3. The normalized spacial score (nSPS) is 25.0. The summed E-state index contributed by atoms with van der Waals surface area (Å²) in [6.07, 6.45) is 0.943. The van der Waals surface area contributed by atoms with Crippen molar-refractivity contribution in [2.45, 2.75) is 39.3 Å². The Labute approximate surface area is 104 Å². The summed E-state index contributed by atoms with van der Waals surface area (Å²) in [6.45, 7) is 7.57. The molecule has 0 bridgehead atoms. The molecule has 16 heavy (non-hydrogen) atoms. The lowest BCUT2D eigenvalue weighted by Gasteiger charge is -2.26. The van der Waals surface area contributed by atoms with Gasteiger partial charge in [-0.1, -0.05) is 20.8 Å². The first kappa shape index (κ1) is 15.7. The van der Waals surface area contributed by atoms with E-state index in [1.165, 1.54) is 0 Å². The van der Waals surface area contributed by atoms with Gasteiger partial charge in [0.15, 0.2) is 0 Å². The molecule has 0 saturated carbocycles. The van der Waals surface area contributed by atoms with Crippen LogP contribution in [-0.4, -0.2) is 38.3 Å². The van der Waals surface area contributed by atoms with Crippen LogP contribution in [0.1, 0.15) is 27.2 Å². The van der Waals surface area contributed by atoms with Crippen LogP contribution in [0.5, 0.6) is 0 Å². The van der Waals surface area contributed by atoms with Crippen molar-refractivity contribution >= 4 is 18.3 Å². The van der Waals surface area contributed by atoms with Crippen LogP contribution in [0.3, 0.4) is 0 Å². The van der Waals surface area contributed by atoms with Gasteiger partial charge in [-0.15, -0.1) is 12.4 Å². The fourth-order valence-electron chi connectivity index (χ4n) is 1.57. The Morgan fingerprint density at radius 3 is 2.62 bits per heavy atom. The van der Waals surface area contributed by atoms with Crippen LogP contribution in [0.2, 0.25) is 0 Å². The molecule has 1 aliphatic rings. The molecular weight excluding hydrogens is 228 g/mol. The quantitative estimate of drug-likeness (QED) is 0.781. The van der Waals surface area contributed by atoms with Crippen LogP contribution in [0, 0.1) is 5.41 Å². The zero-order valence-electron chi connectivity index (χ0n) is 10.5. The first-order valence-electron chi connectivity index (χ1n) is 5.55. The lowest BCUT2D eigenvalue weighted by molar-refractivity contribution is -0.130. The number of halogens is 1. The molecule has 4 nitrogen and oxygen atoms in total. The van der Waals surface area contributed by atoms with Gasteiger partial charge in [-0.25, -0.2) is 0 Å². The summed E-state index contributed by atoms with van der Waals surface area (Å²) in [4.78, 5) is 11.9. The summed E-state index contributed by atoms with van der Waals surface area (Å²) >= 11 is 0. The van der Waals surface area contributed by atoms with E-state index in [0.717, 1.165) is 19.5 Å². The number of carbonyl (C=O) groups is 1. The highest BCUT2D eigenvalue weighted by Crippen LogP contribution is 2.20. The number of hydrogen-bond donors (Lipinski definition) is 2. The molecule has 1 rings (SSSR count). The number of methoxy groups -OCH3 is 1.